The third kappa shape index (κ3) is 3.39. The zero-order chi connectivity index (χ0) is 14.5. The first-order valence-corrected chi connectivity index (χ1v) is 6.25. The van der Waals surface area contributed by atoms with E-state index in [2.05, 4.69) is 5.32 Å². The number of nitrogens with two attached hydrogens (primary N) is 1. The van der Waals surface area contributed by atoms with Gasteiger partial charge in [-0.25, -0.2) is 4.79 Å². The van der Waals surface area contributed by atoms with Crippen LogP contribution in [-0.4, -0.2) is 49.7 Å². The normalized spacial score (nSPS) is 18.4. The predicted molar refractivity (Wildman–Crippen MR) is 75.2 cm³/mol. The SMILES string of the molecule is COc1ccc(NC(=O)N2CCOC(C(=N)N)C2)cc1. The average molecular weight is 278 g/mol. The molecule has 1 fully saturated rings. The first-order valence-electron chi connectivity index (χ1n) is 6.25. The number of carbonyl (C=O) groups excluding carboxylic acids is 1. The molecule has 0 bridgehead atoms. The Hall–Kier alpha value is -2.28. The first-order chi connectivity index (χ1) is 9.60. The van der Waals surface area contributed by atoms with Crippen molar-refractivity contribution >= 4 is 17.6 Å². The van der Waals surface area contributed by atoms with E-state index in [0.717, 1.165) is 5.75 Å². The van der Waals surface area contributed by atoms with Gasteiger partial charge in [-0.1, -0.05) is 0 Å². The van der Waals surface area contributed by atoms with Crippen molar-refractivity contribution in [3.63, 3.8) is 0 Å². The molecule has 1 atom stereocenters. The van der Waals surface area contributed by atoms with Gasteiger partial charge in [0.25, 0.3) is 0 Å². The van der Waals surface area contributed by atoms with E-state index in [1.807, 2.05) is 0 Å². The first kappa shape index (κ1) is 14.1. The lowest BCUT2D eigenvalue weighted by atomic mass is 10.2. The van der Waals surface area contributed by atoms with Crippen molar-refractivity contribution < 1.29 is 14.3 Å². The topological polar surface area (TPSA) is 101 Å². The van der Waals surface area contributed by atoms with Gasteiger partial charge in [0.15, 0.2) is 0 Å². The molecule has 0 saturated carbocycles. The lowest BCUT2D eigenvalue weighted by Crippen LogP contribution is -2.51. The molecule has 4 N–H and O–H groups in total. The molecule has 0 aromatic heterocycles. The summed E-state index contributed by atoms with van der Waals surface area (Å²) in [5, 5.41) is 10.2. The Balaban J connectivity index is 1.95. The number of amides is 2. The largest absolute Gasteiger partial charge is 0.497 e. The minimum absolute atomic E-state index is 0.0630. The van der Waals surface area contributed by atoms with Gasteiger partial charge in [0, 0.05) is 12.2 Å². The number of rotatable bonds is 3. The summed E-state index contributed by atoms with van der Waals surface area (Å²) in [6.07, 6.45) is -0.523. The van der Waals surface area contributed by atoms with Crippen molar-refractivity contribution in [3.05, 3.63) is 24.3 Å². The number of amidine groups is 1. The smallest absolute Gasteiger partial charge is 0.322 e. The molecule has 0 spiro atoms. The van der Waals surface area contributed by atoms with E-state index < -0.39 is 6.10 Å². The summed E-state index contributed by atoms with van der Waals surface area (Å²) in [6, 6.07) is 6.84. The molecule has 7 heteroatoms. The fraction of sp³-hybridized carbons (Fsp3) is 0.385. The summed E-state index contributed by atoms with van der Waals surface area (Å²) < 4.78 is 10.4. The number of methoxy groups -OCH3 is 1. The summed E-state index contributed by atoms with van der Waals surface area (Å²) in [7, 11) is 1.59. The molecule has 1 aromatic carbocycles. The number of morpholine rings is 1. The fourth-order valence-electron chi connectivity index (χ4n) is 1.90. The van der Waals surface area contributed by atoms with Gasteiger partial charge in [0.05, 0.1) is 20.3 Å². The highest BCUT2D eigenvalue weighted by Crippen LogP contribution is 2.16. The molecule has 7 nitrogen and oxygen atoms in total. The highest BCUT2D eigenvalue weighted by atomic mass is 16.5. The predicted octanol–water partition coefficient (Wildman–Crippen LogP) is 0.864. The molecular formula is C13H18N4O3. The number of anilines is 1. The van der Waals surface area contributed by atoms with Gasteiger partial charge in [-0.2, -0.15) is 0 Å². The Labute approximate surface area is 117 Å². The molecule has 108 valence electrons. The van der Waals surface area contributed by atoms with E-state index >= 15 is 0 Å². The molecular weight excluding hydrogens is 260 g/mol. The van der Waals surface area contributed by atoms with Crippen LogP contribution in [0.25, 0.3) is 0 Å². The molecule has 0 aliphatic carbocycles. The maximum absolute atomic E-state index is 12.1. The van der Waals surface area contributed by atoms with Crippen LogP contribution in [0.2, 0.25) is 0 Å². The van der Waals surface area contributed by atoms with Crippen LogP contribution >= 0.6 is 0 Å². The Morgan fingerprint density at radius 2 is 2.20 bits per heavy atom. The van der Waals surface area contributed by atoms with Crippen molar-refractivity contribution in [1.82, 2.24) is 4.90 Å². The summed E-state index contributed by atoms with van der Waals surface area (Å²) in [5.74, 6) is 0.665. The highest BCUT2D eigenvalue weighted by Gasteiger charge is 2.25. The summed E-state index contributed by atoms with van der Waals surface area (Å²) >= 11 is 0. The molecule has 1 aromatic rings. The molecule has 20 heavy (non-hydrogen) atoms. The number of ether oxygens (including phenoxy) is 2. The Morgan fingerprint density at radius 1 is 1.50 bits per heavy atom. The van der Waals surface area contributed by atoms with Crippen LogP contribution in [0, 0.1) is 5.41 Å². The van der Waals surface area contributed by atoms with Crippen molar-refractivity contribution in [2.45, 2.75) is 6.10 Å². The maximum Gasteiger partial charge on any atom is 0.322 e. The van der Waals surface area contributed by atoms with Gasteiger partial charge in [-0.15, -0.1) is 0 Å². The number of urea groups is 1. The van der Waals surface area contributed by atoms with Crippen molar-refractivity contribution in [2.24, 2.45) is 5.73 Å². The van der Waals surface area contributed by atoms with E-state index in [1.54, 1.807) is 36.3 Å². The molecule has 1 heterocycles. The number of hydrogen-bond donors (Lipinski definition) is 3. The van der Waals surface area contributed by atoms with Gasteiger partial charge in [0.1, 0.15) is 17.7 Å². The van der Waals surface area contributed by atoms with Crippen LogP contribution in [-0.2, 0) is 4.74 Å². The minimum atomic E-state index is -0.523. The second-order valence-corrected chi connectivity index (χ2v) is 4.42. The minimum Gasteiger partial charge on any atom is -0.497 e. The number of carbonyl (C=O) groups is 1. The summed E-state index contributed by atoms with van der Waals surface area (Å²) in [4.78, 5) is 13.7. The van der Waals surface area contributed by atoms with Crippen LogP contribution in [0.15, 0.2) is 24.3 Å². The van der Waals surface area contributed by atoms with Crippen LogP contribution in [0.3, 0.4) is 0 Å². The molecule has 1 aliphatic rings. The second kappa shape index (κ2) is 6.25. The fourth-order valence-corrected chi connectivity index (χ4v) is 1.90. The van der Waals surface area contributed by atoms with Gasteiger partial charge >= 0.3 is 6.03 Å². The average Bonchev–Trinajstić information content (AvgIpc) is 2.48. The third-order valence-corrected chi connectivity index (χ3v) is 3.04. The zero-order valence-electron chi connectivity index (χ0n) is 11.3. The van der Waals surface area contributed by atoms with Crippen LogP contribution < -0.4 is 15.8 Å². The van der Waals surface area contributed by atoms with E-state index in [1.165, 1.54) is 0 Å². The lowest BCUT2D eigenvalue weighted by Gasteiger charge is -2.32. The van der Waals surface area contributed by atoms with E-state index in [4.69, 9.17) is 20.6 Å². The third-order valence-electron chi connectivity index (χ3n) is 3.04. The molecule has 1 unspecified atom stereocenters. The standard InChI is InChI=1S/C13H18N4O3/c1-19-10-4-2-9(3-5-10)16-13(18)17-6-7-20-11(8-17)12(14)15/h2-5,11H,6-8H2,1H3,(H3,14,15)(H,16,18). The van der Waals surface area contributed by atoms with E-state index in [-0.39, 0.29) is 18.4 Å². The second-order valence-electron chi connectivity index (χ2n) is 4.42. The van der Waals surface area contributed by atoms with Crippen molar-refractivity contribution in [3.8, 4) is 5.75 Å². The summed E-state index contributed by atoms with van der Waals surface area (Å²) in [5.41, 5.74) is 6.08. The Kier molecular flexibility index (Phi) is 4.41. The van der Waals surface area contributed by atoms with Crippen LogP contribution in [0.5, 0.6) is 5.75 Å². The molecule has 2 rings (SSSR count). The zero-order valence-corrected chi connectivity index (χ0v) is 11.3. The highest BCUT2D eigenvalue weighted by molar-refractivity contribution is 5.90. The molecule has 0 radical (unpaired) electrons. The summed E-state index contributed by atoms with van der Waals surface area (Å²) in [6.45, 7) is 1.14. The van der Waals surface area contributed by atoms with Crippen molar-refractivity contribution in [1.29, 1.82) is 5.41 Å². The van der Waals surface area contributed by atoms with E-state index in [0.29, 0.717) is 18.8 Å². The number of nitrogens with one attached hydrogen (secondary N) is 2. The number of benzene rings is 1. The Morgan fingerprint density at radius 3 is 2.80 bits per heavy atom. The van der Waals surface area contributed by atoms with Gasteiger partial charge in [-0.05, 0) is 24.3 Å². The van der Waals surface area contributed by atoms with E-state index in [9.17, 15) is 4.79 Å². The van der Waals surface area contributed by atoms with Gasteiger partial charge in [-0.3, -0.25) is 5.41 Å². The monoisotopic (exact) mass is 278 g/mol. The lowest BCUT2D eigenvalue weighted by molar-refractivity contribution is 0.0234. The molecule has 1 saturated heterocycles. The van der Waals surface area contributed by atoms with Crippen LogP contribution in [0.1, 0.15) is 0 Å². The van der Waals surface area contributed by atoms with Gasteiger partial charge in [0.2, 0.25) is 0 Å². The van der Waals surface area contributed by atoms with Crippen LogP contribution in [0.4, 0.5) is 10.5 Å². The number of hydrogen-bond acceptors (Lipinski definition) is 4. The Bertz CT molecular complexity index is 489. The molecule has 2 amide bonds. The maximum atomic E-state index is 12.1. The number of nitrogens with zero attached hydrogens (tertiary/aromatic N) is 1. The van der Waals surface area contributed by atoms with Crippen molar-refractivity contribution in [2.75, 3.05) is 32.1 Å². The van der Waals surface area contributed by atoms with Gasteiger partial charge < -0.3 is 25.4 Å². The molecule has 1 aliphatic heterocycles. The quantitative estimate of drug-likeness (QED) is 0.564.